The molecule has 0 heterocycles. The zero-order chi connectivity index (χ0) is 15.3. The van der Waals surface area contributed by atoms with Crippen LogP contribution in [0.25, 0.3) is 0 Å². The molecule has 0 amide bonds. The summed E-state index contributed by atoms with van der Waals surface area (Å²) in [6.45, 7) is 1.99. The normalized spacial score (nSPS) is 11.3. The molecular weight excluding hydrogens is 399 g/mol. The van der Waals surface area contributed by atoms with Crippen molar-refractivity contribution < 1.29 is 12.6 Å². The Kier molecular flexibility index (Phi) is 5.64. The Morgan fingerprint density at radius 2 is 1.81 bits per heavy atom. The lowest BCUT2D eigenvalue weighted by Gasteiger charge is -2.12. The Bertz CT molecular complexity index is 697. The predicted molar refractivity (Wildman–Crippen MR) is 92.6 cm³/mol. The second kappa shape index (κ2) is 7.26. The van der Waals surface area contributed by atoms with Crippen molar-refractivity contribution in [1.82, 2.24) is 0 Å². The average Bonchev–Trinajstić information content (AvgIpc) is 2.48. The predicted octanol–water partition coefficient (Wildman–Crippen LogP) is 4.13. The fourth-order valence-corrected chi connectivity index (χ4v) is 3.36. The van der Waals surface area contributed by atoms with Crippen LogP contribution in [0.2, 0.25) is 0 Å². The summed E-state index contributed by atoms with van der Waals surface area (Å²) in [7, 11) is -3.78. The second-order valence-electron chi connectivity index (χ2n) is 4.75. The molecule has 3 nitrogen and oxygen atoms in total. The Morgan fingerprint density at radius 3 is 2.48 bits per heavy atom. The molecule has 0 aliphatic heterocycles. The average molecular weight is 416 g/mol. The first-order valence-electron chi connectivity index (χ1n) is 6.68. The maximum Gasteiger partial charge on any atom is 0.339 e. The summed E-state index contributed by atoms with van der Waals surface area (Å²) in [6, 6.07) is 13.8. The molecular formula is C16H17IO3S. The minimum Gasteiger partial charge on any atom is -0.379 e. The van der Waals surface area contributed by atoms with Gasteiger partial charge in [-0.05, 0) is 48.0 Å². The first-order chi connectivity index (χ1) is 10.0. The summed E-state index contributed by atoms with van der Waals surface area (Å²) in [4.78, 5) is 0.172. The summed E-state index contributed by atoms with van der Waals surface area (Å²) in [6.07, 6.45) is 1.80. The van der Waals surface area contributed by atoms with Gasteiger partial charge in [-0.15, -0.1) is 0 Å². The molecule has 5 heteroatoms. The van der Waals surface area contributed by atoms with Crippen LogP contribution in [0.3, 0.4) is 0 Å². The van der Waals surface area contributed by atoms with Crippen molar-refractivity contribution >= 4 is 32.7 Å². The van der Waals surface area contributed by atoms with Gasteiger partial charge in [-0.3, -0.25) is 0 Å². The molecule has 0 unspecified atom stereocenters. The van der Waals surface area contributed by atoms with Gasteiger partial charge < -0.3 is 4.18 Å². The van der Waals surface area contributed by atoms with Crippen LogP contribution in [-0.4, -0.2) is 12.8 Å². The van der Waals surface area contributed by atoms with E-state index in [1.807, 2.05) is 19.1 Å². The van der Waals surface area contributed by atoms with E-state index >= 15 is 0 Å². The number of halogens is 1. The largest absolute Gasteiger partial charge is 0.379 e. The van der Waals surface area contributed by atoms with Gasteiger partial charge in [0, 0.05) is 0 Å². The minimum atomic E-state index is -3.78. The van der Waals surface area contributed by atoms with E-state index in [2.05, 4.69) is 22.6 Å². The van der Waals surface area contributed by atoms with Crippen molar-refractivity contribution in [3.63, 3.8) is 0 Å². The van der Waals surface area contributed by atoms with E-state index in [0.717, 1.165) is 28.4 Å². The molecule has 0 aromatic heterocycles. The third-order valence-electron chi connectivity index (χ3n) is 3.03. The van der Waals surface area contributed by atoms with E-state index < -0.39 is 10.1 Å². The highest BCUT2D eigenvalue weighted by Gasteiger charge is 2.18. The Labute approximate surface area is 139 Å². The van der Waals surface area contributed by atoms with Crippen molar-refractivity contribution in [3.05, 3.63) is 59.7 Å². The highest BCUT2D eigenvalue weighted by atomic mass is 127. The van der Waals surface area contributed by atoms with Gasteiger partial charge >= 0.3 is 10.1 Å². The molecule has 0 saturated carbocycles. The molecule has 0 aliphatic carbocycles. The molecule has 0 spiro atoms. The quantitative estimate of drug-likeness (QED) is 0.404. The molecule has 21 heavy (non-hydrogen) atoms. The number of benzene rings is 2. The van der Waals surface area contributed by atoms with Gasteiger partial charge in [0.1, 0.15) is 10.6 Å². The molecule has 112 valence electrons. The van der Waals surface area contributed by atoms with Gasteiger partial charge in [-0.25, -0.2) is 0 Å². The van der Waals surface area contributed by atoms with Crippen molar-refractivity contribution in [2.75, 3.05) is 4.43 Å². The van der Waals surface area contributed by atoms with Crippen molar-refractivity contribution in [3.8, 4) is 5.75 Å². The van der Waals surface area contributed by atoms with E-state index in [0.29, 0.717) is 5.75 Å². The van der Waals surface area contributed by atoms with Gasteiger partial charge in [0.2, 0.25) is 0 Å². The fourth-order valence-electron chi connectivity index (χ4n) is 2.00. The standard InChI is InChI=1S/C16H17IO3S/c1-13-9-10-16(14(12-13)6-5-11-17)20-21(18,19)15-7-3-2-4-8-15/h2-4,7-10,12H,5-6,11H2,1H3. The topological polar surface area (TPSA) is 43.4 Å². The van der Waals surface area contributed by atoms with Gasteiger partial charge in [0.05, 0.1) is 0 Å². The monoisotopic (exact) mass is 416 g/mol. The van der Waals surface area contributed by atoms with E-state index in [1.54, 1.807) is 24.3 Å². The maximum absolute atomic E-state index is 12.3. The van der Waals surface area contributed by atoms with Crippen LogP contribution in [0, 0.1) is 6.92 Å². The van der Waals surface area contributed by atoms with E-state index in [-0.39, 0.29) is 4.90 Å². The molecule has 0 aliphatic rings. The molecule has 0 bridgehead atoms. The van der Waals surface area contributed by atoms with Crippen molar-refractivity contribution in [2.45, 2.75) is 24.7 Å². The zero-order valence-corrected chi connectivity index (χ0v) is 14.7. The van der Waals surface area contributed by atoms with E-state index in [4.69, 9.17) is 4.18 Å². The molecule has 2 rings (SSSR count). The zero-order valence-electron chi connectivity index (χ0n) is 11.8. The van der Waals surface area contributed by atoms with Gasteiger partial charge in [0.25, 0.3) is 0 Å². The lowest BCUT2D eigenvalue weighted by atomic mass is 10.1. The molecule has 0 N–H and O–H groups in total. The third kappa shape index (κ3) is 4.44. The first-order valence-corrected chi connectivity index (χ1v) is 9.61. The van der Waals surface area contributed by atoms with Crippen molar-refractivity contribution in [1.29, 1.82) is 0 Å². The van der Waals surface area contributed by atoms with E-state index in [9.17, 15) is 8.42 Å². The third-order valence-corrected chi connectivity index (χ3v) is 5.04. The van der Waals surface area contributed by atoms with Crippen LogP contribution in [0.5, 0.6) is 5.75 Å². The molecule has 2 aromatic carbocycles. The summed E-state index contributed by atoms with van der Waals surface area (Å²) >= 11 is 2.31. The molecule has 0 radical (unpaired) electrons. The Hall–Kier alpha value is -1.08. The Morgan fingerprint density at radius 1 is 1.10 bits per heavy atom. The lowest BCUT2D eigenvalue weighted by Crippen LogP contribution is -2.11. The highest BCUT2D eigenvalue weighted by Crippen LogP contribution is 2.25. The highest BCUT2D eigenvalue weighted by molar-refractivity contribution is 14.1. The number of alkyl halides is 1. The molecule has 0 saturated heterocycles. The van der Waals surface area contributed by atoms with Crippen LogP contribution in [-0.2, 0) is 16.5 Å². The SMILES string of the molecule is Cc1ccc(OS(=O)(=O)c2ccccc2)c(CCCI)c1. The minimum absolute atomic E-state index is 0.172. The summed E-state index contributed by atoms with van der Waals surface area (Å²) < 4.78 is 30.9. The summed E-state index contributed by atoms with van der Waals surface area (Å²) in [5.74, 6) is 0.425. The van der Waals surface area contributed by atoms with Crippen LogP contribution in [0.15, 0.2) is 53.4 Å². The fraction of sp³-hybridized carbons (Fsp3) is 0.250. The second-order valence-corrected chi connectivity index (χ2v) is 7.38. The summed E-state index contributed by atoms with van der Waals surface area (Å²) in [5.41, 5.74) is 2.04. The smallest absolute Gasteiger partial charge is 0.339 e. The summed E-state index contributed by atoms with van der Waals surface area (Å²) in [5, 5.41) is 0. The maximum atomic E-state index is 12.3. The number of rotatable bonds is 6. The van der Waals surface area contributed by atoms with Crippen LogP contribution in [0.4, 0.5) is 0 Å². The molecule has 0 atom stereocenters. The van der Waals surface area contributed by atoms with Crippen molar-refractivity contribution in [2.24, 2.45) is 0 Å². The van der Waals surface area contributed by atoms with Gasteiger partial charge in [-0.1, -0.05) is 58.5 Å². The van der Waals surface area contributed by atoms with Crippen LogP contribution in [0.1, 0.15) is 17.5 Å². The molecule has 2 aromatic rings. The molecule has 0 fully saturated rings. The lowest BCUT2D eigenvalue weighted by molar-refractivity contribution is 0.482. The van der Waals surface area contributed by atoms with Crippen LogP contribution >= 0.6 is 22.6 Å². The first kappa shape index (κ1) is 16.3. The van der Waals surface area contributed by atoms with Gasteiger partial charge in [0.15, 0.2) is 0 Å². The number of aryl methyl sites for hydroxylation is 2. The van der Waals surface area contributed by atoms with Gasteiger partial charge in [-0.2, -0.15) is 8.42 Å². The van der Waals surface area contributed by atoms with Crippen LogP contribution < -0.4 is 4.18 Å². The van der Waals surface area contributed by atoms with E-state index in [1.165, 1.54) is 12.1 Å². The number of hydrogen-bond donors (Lipinski definition) is 0. The number of hydrogen-bond acceptors (Lipinski definition) is 3. The Balaban J connectivity index is 2.30.